The van der Waals surface area contributed by atoms with E-state index in [1.807, 2.05) is 0 Å². The quantitative estimate of drug-likeness (QED) is 0.732. The number of nitrogens with one attached hydrogen (secondary N) is 1. The maximum Gasteiger partial charge on any atom is 0.0351 e. The van der Waals surface area contributed by atoms with Gasteiger partial charge in [0.15, 0.2) is 0 Å². The molecule has 0 bridgehead atoms. The zero-order valence-corrected chi connectivity index (χ0v) is 11.2. The van der Waals surface area contributed by atoms with Crippen molar-refractivity contribution >= 4 is 0 Å². The van der Waals surface area contributed by atoms with Gasteiger partial charge in [-0.2, -0.15) is 0 Å². The lowest BCUT2D eigenvalue weighted by Gasteiger charge is -2.39. The summed E-state index contributed by atoms with van der Waals surface area (Å²) in [5, 5.41) is 3.78. The summed E-state index contributed by atoms with van der Waals surface area (Å²) in [4.78, 5) is 0. The van der Waals surface area contributed by atoms with Crippen LogP contribution in [0, 0.1) is 5.92 Å². The average molecular weight is 241 g/mol. The largest absolute Gasteiger partial charge is 0.310 e. The van der Waals surface area contributed by atoms with Crippen LogP contribution in [0.15, 0.2) is 12.1 Å². The Bertz CT molecular complexity index is 463. The van der Waals surface area contributed by atoms with Crippen molar-refractivity contribution in [1.29, 1.82) is 0 Å². The van der Waals surface area contributed by atoms with Gasteiger partial charge in [-0.1, -0.05) is 12.1 Å². The Balaban J connectivity index is 1.79. The standard InChI is InChI=1S/C17H23N/c1-2-6-14-12(4-1)7-10-16-15(14)9-8-13-5-3-11-18-17(13)16/h7,10,13,17-18H,1-6,8-9,11H2. The van der Waals surface area contributed by atoms with E-state index in [2.05, 4.69) is 17.4 Å². The first-order valence-electron chi connectivity index (χ1n) is 7.80. The minimum absolute atomic E-state index is 0.676. The molecule has 0 saturated carbocycles. The maximum atomic E-state index is 3.78. The second-order valence-electron chi connectivity index (χ2n) is 6.35. The van der Waals surface area contributed by atoms with E-state index >= 15 is 0 Å². The molecule has 1 N–H and O–H groups in total. The molecular formula is C17H23N. The van der Waals surface area contributed by atoms with Gasteiger partial charge in [-0.3, -0.25) is 0 Å². The molecule has 4 rings (SSSR count). The van der Waals surface area contributed by atoms with Crippen molar-refractivity contribution in [2.45, 2.75) is 57.4 Å². The highest BCUT2D eigenvalue weighted by molar-refractivity contribution is 5.45. The van der Waals surface area contributed by atoms with Gasteiger partial charge in [0.25, 0.3) is 0 Å². The Kier molecular flexibility index (Phi) is 2.69. The van der Waals surface area contributed by atoms with Crippen molar-refractivity contribution < 1.29 is 0 Å². The first kappa shape index (κ1) is 11.0. The van der Waals surface area contributed by atoms with Crippen molar-refractivity contribution in [1.82, 2.24) is 5.32 Å². The van der Waals surface area contributed by atoms with Crippen molar-refractivity contribution in [2.24, 2.45) is 5.92 Å². The van der Waals surface area contributed by atoms with E-state index in [0.29, 0.717) is 6.04 Å². The van der Waals surface area contributed by atoms with Crippen LogP contribution < -0.4 is 5.32 Å². The van der Waals surface area contributed by atoms with Crippen molar-refractivity contribution in [3.05, 3.63) is 34.4 Å². The molecule has 0 radical (unpaired) electrons. The molecule has 2 atom stereocenters. The van der Waals surface area contributed by atoms with E-state index in [0.717, 1.165) is 5.92 Å². The van der Waals surface area contributed by atoms with Crippen LogP contribution in [0.4, 0.5) is 0 Å². The van der Waals surface area contributed by atoms with E-state index in [9.17, 15) is 0 Å². The van der Waals surface area contributed by atoms with Crippen LogP contribution in [-0.2, 0) is 19.3 Å². The monoisotopic (exact) mass is 241 g/mol. The molecule has 1 heterocycles. The number of hydrogen-bond acceptors (Lipinski definition) is 1. The molecule has 0 amide bonds. The predicted molar refractivity (Wildman–Crippen MR) is 74.9 cm³/mol. The molecule has 1 aromatic rings. The van der Waals surface area contributed by atoms with Crippen LogP contribution in [0.1, 0.15) is 60.4 Å². The first-order chi connectivity index (χ1) is 8.93. The molecule has 1 nitrogen and oxygen atoms in total. The second kappa shape index (κ2) is 4.38. The van der Waals surface area contributed by atoms with Crippen LogP contribution in [0.2, 0.25) is 0 Å². The molecule has 1 fully saturated rings. The molecule has 1 aliphatic heterocycles. The molecule has 3 aliphatic rings. The van der Waals surface area contributed by atoms with E-state index in [4.69, 9.17) is 0 Å². The molecule has 1 heteroatoms. The SMILES string of the molecule is c1cc2c(c3c1CCCC3)CCC1CCCNC21. The van der Waals surface area contributed by atoms with Crippen LogP contribution in [0.5, 0.6) is 0 Å². The summed E-state index contributed by atoms with van der Waals surface area (Å²) in [6.07, 6.45) is 11.1. The molecule has 2 aliphatic carbocycles. The van der Waals surface area contributed by atoms with E-state index in [-0.39, 0.29) is 0 Å². The normalized spacial score (nSPS) is 30.2. The second-order valence-corrected chi connectivity index (χ2v) is 6.35. The number of piperidine rings is 1. The van der Waals surface area contributed by atoms with Crippen molar-refractivity contribution in [3.63, 3.8) is 0 Å². The van der Waals surface area contributed by atoms with Gasteiger partial charge < -0.3 is 5.32 Å². The summed E-state index contributed by atoms with van der Waals surface area (Å²) in [5.41, 5.74) is 6.80. The molecule has 1 aromatic carbocycles. The van der Waals surface area contributed by atoms with Gasteiger partial charge in [0.05, 0.1) is 0 Å². The minimum Gasteiger partial charge on any atom is -0.310 e. The van der Waals surface area contributed by atoms with Gasteiger partial charge in [0.1, 0.15) is 0 Å². The molecule has 0 spiro atoms. The topological polar surface area (TPSA) is 12.0 Å². The molecule has 2 unspecified atom stereocenters. The number of hydrogen-bond donors (Lipinski definition) is 1. The molecule has 0 aromatic heterocycles. The van der Waals surface area contributed by atoms with Crippen LogP contribution in [0.25, 0.3) is 0 Å². The van der Waals surface area contributed by atoms with Gasteiger partial charge in [0, 0.05) is 6.04 Å². The number of benzene rings is 1. The lowest BCUT2D eigenvalue weighted by atomic mass is 9.72. The van der Waals surface area contributed by atoms with Crippen LogP contribution in [0.3, 0.4) is 0 Å². The highest BCUT2D eigenvalue weighted by Gasteiger charge is 2.33. The highest BCUT2D eigenvalue weighted by Crippen LogP contribution is 2.42. The molecular weight excluding hydrogens is 218 g/mol. The van der Waals surface area contributed by atoms with Gasteiger partial charge in [-0.05, 0) is 86.1 Å². The molecule has 18 heavy (non-hydrogen) atoms. The third-order valence-corrected chi connectivity index (χ3v) is 5.37. The van der Waals surface area contributed by atoms with Gasteiger partial charge in [-0.25, -0.2) is 0 Å². The smallest absolute Gasteiger partial charge is 0.0351 e. The maximum absolute atomic E-state index is 3.78. The summed E-state index contributed by atoms with van der Waals surface area (Å²) < 4.78 is 0. The fourth-order valence-electron chi connectivity index (χ4n) is 4.47. The summed E-state index contributed by atoms with van der Waals surface area (Å²) in [5.74, 6) is 0.910. The van der Waals surface area contributed by atoms with Gasteiger partial charge in [0.2, 0.25) is 0 Å². The fourth-order valence-corrected chi connectivity index (χ4v) is 4.47. The van der Waals surface area contributed by atoms with Crippen LogP contribution in [-0.4, -0.2) is 6.54 Å². The lowest BCUT2D eigenvalue weighted by Crippen LogP contribution is -2.37. The Labute approximate surface area is 110 Å². The lowest BCUT2D eigenvalue weighted by molar-refractivity contribution is 0.254. The summed E-state index contributed by atoms with van der Waals surface area (Å²) in [6.45, 7) is 1.22. The summed E-state index contributed by atoms with van der Waals surface area (Å²) in [7, 11) is 0. The van der Waals surface area contributed by atoms with Gasteiger partial charge >= 0.3 is 0 Å². The van der Waals surface area contributed by atoms with E-state index < -0.39 is 0 Å². The third-order valence-electron chi connectivity index (χ3n) is 5.37. The van der Waals surface area contributed by atoms with Crippen molar-refractivity contribution in [3.8, 4) is 0 Å². The zero-order valence-electron chi connectivity index (χ0n) is 11.2. The molecule has 96 valence electrons. The number of fused-ring (bicyclic) bond motifs is 5. The van der Waals surface area contributed by atoms with E-state index in [1.165, 1.54) is 57.9 Å². The minimum atomic E-state index is 0.676. The zero-order chi connectivity index (χ0) is 11.9. The Morgan fingerprint density at radius 1 is 0.889 bits per heavy atom. The first-order valence-corrected chi connectivity index (χ1v) is 7.80. The summed E-state index contributed by atoms with van der Waals surface area (Å²) in [6, 6.07) is 5.57. The number of aryl methyl sites for hydroxylation is 1. The summed E-state index contributed by atoms with van der Waals surface area (Å²) >= 11 is 0. The Morgan fingerprint density at radius 2 is 1.83 bits per heavy atom. The van der Waals surface area contributed by atoms with Crippen LogP contribution >= 0.6 is 0 Å². The highest BCUT2D eigenvalue weighted by atomic mass is 14.9. The fraction of sp³-hybridized carbons (Fsp3) is 0.647. The average Bonchev–Trinajstić information content (AvgIpc) is 2.46. The molecule has 1 saturated heterocycles. The number of rotatable bonds is 0. The Morgan fingerprint density at radius 3 is 2.83 bits per heavy atom. The predicted octanol–water partition coefficient (Wildman–Crippen LogP) is 3.55. The third kappa shape index (κ3) is 1.64. The van der Waals surface area contributed by atoms with E-state index in [1.54, 1.807) is 22.3 Å². The van der Waals surface area contributed by atoms with Gasteiger partial charge in [-0.15, -0.1) is 0 Å². The van der Waals surface area contributed by atoms with Crippen molar-refractivity contribution in [2.75, 3.05) is 6.54 Å². The Hall–Kier alpha value is -0.820.